The normalized spacial score (nSPS) is 14.2. The topological polar surface area (TPSA) is 0 Å². The van der Waals surface area contributed by atoms with Gasteiger partial charge in [0.25, 0.3) is 0 Å². The second-order valence-corrected chi connectivity index (χ2v) is 3.67. The van der Waals surface area contributed by atoms with E-state index in [4.69, 9.17) is 11.6 Å². The summed E-state index contributed by atoms with van der Waals surface area (Å²) in [5, 5.41) is 0.856. The molecule has 0 bridgehead atoms. The minimum absolute atomic E-state index is 0.549. The van der Waals surface area contributed by atoms with Gasteiger partial charge in [0.05, 0.1) is 0 Å². The smallest absolute Gasteiger partial charge is 0.0441 e. The SMILES string of the molecule is CC[C@@H](C)/C=C(\Cl)c1ccccc1. The molecule has 0 aromatic heterocycles. The van der Waals surface area contributed by atoms with E-state index in [1.807, 2.05) is 30.3 Å². The van der Waals surface area contributed by atoms with Crippen LogP contribution in [-0.4, -0.2) is 0 Å². The zero-order chi connectivity index (χ0) is 9.68. The van der Waals surface area contributed by atoms with Crippen LogP contribution < -0.4 is 0 Å². The highest BCUT2D eigenvalue weighted by molar-refractivity contribution is 6.48. The van der Waals surface area contributed by atoms with Gasteiger partial charge in [0.1, 0.15) is 0 Å². The Morgan fingerprint density at radius 3 is 2.54 bits per heavy atom. The largest absolute Gasteiger partial charge is 0.0840 e. The van der Waals surface area contributed by atoms with Crippen LogP contribution in [0.2, 0.25) is 0 Å². The number of allylic oxidation sites excluding steroid dienone is 1. The lowest BCUT2D eigenvalue weighted by Gasteiger charge is -2.03. The molecule has 0 radical (unpaired) electrons. The van der Waals surface area contributed by atoms with Crippen molar-refractivity contribution in [1.82, 2.24) is 0 Å². The van der Waals surface area contributed by atoms with Gasteiger partial charge >= 0.3 is 0 Å². The molecule has 1 aromatic rings. The average molecular weight is 195 g/mol. The summed E-state index contributed by atoms with van der Waals surface area (Å²) in [6.45, 7) is 4.33. The second kappa shape index (κ2) is 5.08. The zero-order valence-corrected chi connectivity index (χ0v) is 8.88. The highest BCUT2D eigenvalue weighted by atomic mass is 35.5. The van der Waals surface area contributed by atoms with Crippen LogP contribution in [0.5, 0.6) is 0 Å². The van der Waals surface area contributed by atoms with Gasteiger partial charge in [-0.3, -0.25) is 0 Å². The first-order valence-corrected chi connectivity index (χ1v) is 5.04. The van der Waals surface area contributed by atoms with Gasteiger partial charge in [-0.05, 0) is 11.5 Å². The maximum Gasteiger partial charge on any atom is 0.0441 e. The van der Waals surface area contributed by atoms with Crippen molar-refractivity contribution in [3.05, 3.63) is 42.0 Å². The third-order valence-electron chi connectivity index (χ3n) is 2.12. The number of benzene rings is 1. The lowest BCUT2D eigenvalue weighted by molar-refractivity contribution is 0.701. The van der Waals surface area contributed by atoms with Crippen molar-refractivity contribution in [2.24, 2.45) is 5.92 Å². The van der Waals surface area contributed by atoms with E-state index in [0.29, 0.717) is 5.92 Å². The number of rotatable bonds is 3. The van der Waals surface area contributed by atoms with E-state index in [9.17, 15) is 0 Å². The van der Waals surface area contributed by atoms with Gasteiger partial charge in [0.2, 0.25) is 0 Å². The summed E-state index contributed by atoms with van der Waals surface area (Å²) in [6.07, 6.45) is 3.24. The van der Waals surface area contributed by atoms with Crippen molar-refractivity contribution in [3.8, 4) is 0 Å². The minimum atomic E-state index is 0.549. The fraction of sp³-hybridized carbons (Fsp3) is 0.333. The molecular weight excluding hydrogens is 180 g/mol. The molecule has 0 fully saturated rings. The van der Waals surface area contributed by atoms with Crippen molar-refractivity contribution in [2.75, 3.05) is 0 Å². The van der Waals surface area contributed by atoms with E-state index < -0.39 is 0 Å². The Labute approximate surface area is 85.2 Å². The van der Waals surface area contributed by atoms with Crippen molar-refractivity contribution in [1.29, 1.82) is 0 Å². The van der Waals surface area contributed by atoms with E-state index in [-0.39, 0.29) is 0 Å². The Bertz CT molecular complexity index is 274. The van der Waals surface area contributed by atoms with Crippen LogP contribution in [0.1, 0.15) is 25.8 Å². The Balaban J connectivity index is 2.79. The Morgan fingerprint density at radius 1 is 1.38 bits per heavy atom. The van der Waals surface area contributed by atoms with Gasteiger partial charge in [-0.25, -0.2) is 0 Å². The van der Waals surface area contributed by atoms with E-state index in [1.54, 1.807) is 0 Å². The summed E-state index contributed by atoms with van der Waals surface area (Å²) in [6, 6.07) is 10.1. The van der Waals surface area contributed by atoms with Crippen LogP contribution in [0.15, 0.2) is 36.4 Å². The number of hydrogen-bond acceptors (Lipinski definition) is 0. The molecule has 0 amide bonds. The third kappa shape index (κ3) is 3.23. The fourth-order valence-corrected chi connectivity index (χ4v) is 1.40. The summed E-state index contributed by atoms with van der Waals surface area (Å²) in [7, 11) is 0. The molecule has 0 spiro atoms. The third-order valence-corrected chi connectivity index (χ3v) is 2.47. The van der Waals surface area contributed by atoms with Gasteiger partial charge in [-0.2, -0.15) is 0 Å². The molecule has 0 aliphatic carbocycles. The number of hydrogen-bond donors (Lipinski definition) is 0. The van der Waals surface area contributed by atoms with Crippen LogP contribution in [0, 0.1) is 5.92 Å². The molecule has 70 valence electrons. The summed E-state index contributed by atoms with van der Waals surface area (Å²) in [4.78, 5) is 0. The van der Waals surface area contributed by atoms with Crippen LogP contribution in [0.25, 0.3) is 5.03 Å². The van der Waals surface area contributed by atoms with Crippen LogP contribution in [-0.2, 0) is 0 Å². The fourth-order valence-electron chi connectivity index (χ4n) is 1.06. The quantitative estimate of drug-likeness (QED) is 0.673. The van der Waals surface area contributed by atoms with Gasteiger partial charge in [0.15, 0.2) is 0 Å². The molecule has 1 aromatic carbocycles. The molecule has 0 saturated heterocycles. The van der Waals surface area contributed by atoms with Crippen LogP contribution >= 0.6 is 11.6 Å². The van der Waals surface area contributed by atoms with Crippen molar-refractivity contribution in [2.45, 2.75) is 20.3 Å². The van der Waals surface area contributed by atoms with Gasteiger partial charge < -0.3 is 0 Å². The van der Waals surface area contributed by atoms with Crippen LogP contribution in [0.4, 0.5) is 0 Å². The highest BCUT2D eigenvalue weighted by Gasteiger charge is 1.99. The summed E-state index contributed by atoms with van der Waals surface area (Å²) < 4.78 is 0. The maximum atomic E-state index is 6.14. The van der Waals surface area contributed by atoms with Crippen molar-refractivity contribution < 1.29 is 0 Å². The van der Waals surface area contributed by atoms with E-state index in [1.165, 1.54) is 0 Å². The Morgan fingerprint density at radius 2 is 2.00 bits per heavy atom. The maximum absolute atomic E-state index is 6.14. The monoisotopic (exact) mass is 194 g/mol. The van der Waals surface area contributed by atoms with Gasteiger partial charge in [-0.1, -0.05) is 68.3 Å². The molecule has 1 rings (SSSR count). The first kappa shape index (κ1) is 10.3. The standard InChI is InChI=1S/C12H15Cl/c1-3-10(2)9-12(13)11-7-5-4-6-8-11/h4-10H,3H2,1-2H3/b12-9-/t10-/m1/s1. The van der Waals surface area contributed by atoms with Crippen LogP contribution in [0.3, 0.4) is 0 Å². The van der Waals surface area contributed by atoms with Gasteiger partial charge in [0, 0.05) is 5.03 Å². The highest BCUT2D eigenvalue weighted by Crippen LogP contribution is 2.21. The zero-order valence-electron chi connectivity index (χ0n) is 8.13. The van der Waals surface area contributed by atoms with Crippen molar-refractivity contribution in [3.63, 3.8) is 0 Å². The first-order valence-electron chi connectivity index (χ1n) is 4.66. The predicted molar refractivity (Wildman–Crippen MR) is 59.7 cm³/mol. The minimum Gasteiger partial charge on any atom is -0.0840 e. The lowest BCUT2D eigenvalue weighted by Crippen LogP contribution is -1.86. The molecule has 1 atom stereocenters. The van der Waals surface area contributed by atoms with E-state index >= 15 is 0 Å². The molecule has 13 heavy (non-hydrogen) atoms. The second-order valence-electron chi connectivity index (χ2n) is 3.27. The molecule has 1 heteroatoms. The molecule has 0 aliphatic heterocycles. The average Bonchev–Trinajstić information content (AvgIpc) is 2.19. The first-order chi connectivity index (χ1) is 6.24. The Hall–Kier alpha value is -0.750. The molecule has 0 nitrogen and oxygen atoms in total. The predicted octanol–water partition coefficient (Wildman–Crippen LogP) is 4.31. The Kier molecular flexibility index (Phi) is 4.04. The van der Waals surface area contributed by atoms with Crippen molar-refractivity contribution >= 4 is 16.6 Å². The molecule has 0 heterocycles. The molecule has 0 N–H and O–H groups in total. The van der Waals surface area contributed by atoms with E-state index in [0.717, 1.165) is 17.0 Å². The molecule has 0 aliphatic rings. The summed E-state index contributed by atoms with van der Waals surface area (Å²) in [5.74, 6) is 0.549. The summed E-state index contributed by atoms with van der Waals surface area (Å²) >= 11 is 6.14. The molecule has 0 saturated carbocycles. The lowest BCUT2D eigenvalue weighted by atomic mass is 10.1. The summed E-state index contributed by atoms with van der Waals surface area (Å²) in [5.41, 5.74) is 1.10. The van der Waals surface area contributed by atoms with Gasteiger partial charge in [-0.15, -0.1) is 0 Å². The number of halogens is 1. The van der Waals surface area contributed by atoms with E-state index in [2.05, 4.69) is 19.9 Å². The molecular formula is C12H15Cl. The molecule has 0 unspecified atom stereocenters.